The predicted octanol–water partition coefficient (Wildman–Crippen LogP) is 6.48. The van der Waals surface area contributed by atoms with Crippen LogP contribution in [0.3, 0.4) is 0 Å². The van der Waals surface area contributed by atoms with E-state index in [1.54, 1.807) is 50.2 Å². The quantitative estimate of drug-likeness (QED) is 0.0757. The number of aliphatic hydroxyl groups is 1. The van der Waals surface area contributed by atoms with Gasteiger partial charge in [0.1, 0.15) is 17.4 Å². The first-order valence-electron chi connectivity index (χ1n) is 22.7. The average molecular weight is 879 g/mol. The molecule has 0 bridgehead atoms. The van der Waals surface area contributed by atoms with Crippen LogP contribution in [0.2, 0.25) is 0 Å². The molecule has 2 aromatic carbocycles. The highest BCUT2D eigenvalue weighted by Crippen LogP contribution is 2.37. The topological polar surface area (TPSA) is 188 Å². The number of alkyl halides is 1. The smallest absolute Gasteiger partial charge is 0.274 e. The SMILES string of the molecule is CC(C)(O)c1cc2nn([C@H]3CC[C@H](CN4CCC(COCCCNc5cccc6c5C(=O)N(C5CCC(=O)NC5=O)C6=O)CC4)CC3)cc2cc1NC(=O)c1cccc(C(C)(C)F)n1. The number of amides is 5. The van der Waals surface area contributed by atoms with Gasteiger partial charge >= 0.3 is 0 Å². The zero-order valence-electron chi connectivity index (χ0n) is 37.1. The summed E-state index contributed by atoms with van der Waals surface area (Å²) in [7, 11) is 0. The molecule has 0 spiro atoms. The molecule has 1 aliphatic carbocycles. The van der Waals surface area contributed by atoms with Gasteiger partial charge in [-0.15, -0.1) is 0 Å². The maximum atomic E-state index is 14.6. The minimum atomic E-state index is -1.70. The van der Waals surface area contributed by atoms with Crippen LogP contribution in [0.15, 0.2) is 54.7 Å². The second kappa shape index (κ2) is 18.5. The zero-order chi connectivity index (χ0) is 45.3. The van der Waals surface area contributed by atoms with Gasteiger partial charge in [-0.05, 0) is 140 Å². The number of fused-ring (bicyclic) bond motifs is 2. The summed E-state index contributed by atoms with van der Waals surface area (Å²) < 4.78 is 22.7. The van der Waals surface area contributed by atoms with Crippen molar-refractivity contribution in [2.75, 3.05) is 50.0 Å². The molecule has 1 saturated carbocycles. The maximum Gasteiger partial charge on any atom is 0.274 e. The van der Waals surface area contributed by atoms with Crippen molar-refractivity contribution in [3.8, 4) is 0 Å². The van der Waals surface area contributed by atoms with Crippen molar-refractivity contribution in [1.29, 1.82) is 0 Å². The predicted molar refractivity (Wildman–Crippen MR) is 239 cm³/mol. The Morgan fingerprint density at radius 1 is 0.922 bits per heavy atom. The van der Waals surface area contributed by atoms with Gasteiger partial charge in [0.25, 0.3) is 17.7 Å². The third kappa shape index (κ3) is 9.88. The van der Waals surface area contributed by atoms with Crippen molar-refractivity contribution in [2.45, 2.75) is 109 Å². The Morgan fingerprint density at radius 3 is 2.39 bits per heavy atom. The summed E-state index contributed by atoms with van der Waals surface area (Å²) >= 11 is 0. The average Bonchev–Trinajstić information content (AvgIpc) is 3.79. The summed E-state index contributed by atoms with van der Waals surface area (Å²) in [6.45, 7) is 11.2. The first-order chi connectivity index (χ1) is 30.5. The van der Waals surface area contributed by atoms with Crippen molar-refractivity contribution < 1.29 is 38.2 Å². The summed E-state index contributed by atoms with van der Waals surface area (Å²) in [5, 5.41) is 25.3. The number of benzene rings is 2. The molecule has 5 heterocycles. The number of nitrogens with one attached hydrogen (secondary N) is 3. The van der Waals surface area contributed by atoms with E-state index in [2.05, 4.69) is 25.8 Å². The molecule has 2 saturated heterocycles. The van der Waals surface area contributed by atoms with E-state index in [1.807, 2.05) is 23.0 Å². The summed E-state index contributed by atoms with van der Waals surface area (Å²) in [4.78, 5) is 71.7. The molecule has 340 valence electrons. The lowest BCUT2D eigenvalue weighted by Crippen LogP contribution is -2.54. The van der Waals surface area contributed by atoms with Crippen LogP contribution in [-0.4, -0.2) is 105 Å². The van der Waals surface area contributed by atoms with Gasteiger partial charge < -0.3 is 25.4 Å². The fraction of sp³-hybridized carbons (Fsp3) is 0.521. The number of likely N-dealkylation sites (tertiary alicyclic amines) is 1. The van der Waals surface area contributed by atoms with E-state index in [0.717, 1.165) is 80.4 Å². The highest BCUT2D eigenvalue weighted by atomic mass is 19.1. The lowest BCUT2D eigenvalue weighted by molar-refractivity contribution is -0.136. The molecule has 1 unspecified atom stereocenters. The number of carbonyl (C=O) groups is 5. The standard InChI is InChI=1S/C48H59FN8O7/c1-47(2,49)40-11-6-10-36(51-40)43(59)52-38-24-31-27-56(54-37(31)25-34(38)48(3,4)63)32-14-12-29(13-15-32)26-55-21-18-30(19-22-55)28-64-23-7-20-50-35-9-5-8-33-42(35)46(62)57(45(33)61)39-16-17-41(58)53-44(39)60/h5-6,8-11,24-25,27,29-30,32,39,50,63H,7,12-23,26,28H2,1-4H3,(H,52,59)(H,53,58,60)/t29-,32-,39?. The third-order valence-corrected chi connectivity index (χ3v) is 13.2. The number of aromatic nitrogens is 3. The number of halogens is 1. The number of hydrogen-bond acceptors (Lipinski definition) is 11. The van der Waals surface area contributed by atoms with Gasteiger partial charge in [0, 0.05) is 61.2 Å². The molecule has 3 fully saturated rings. The lowest BCUT2D eigenvalue weighted by atomic mass is 9.85. The largest absolute Gasteiger partial charge is 0.386 e. The lowest BCUT2D eigenvalue weighted by Gasteiger charge is -2.36. The van der Waals surface area contributed by atoms with Crippen LogP contribution in [0.5, 0.6) is 0 Å². The van der Waals surface area contributed by atoms with E-state index in [9.17, 15) is 33.5 Å². The first-order valence-corrected chi connectivity index (χ1v) is 22.7. The van der Waals surface area contributed by atoms with Gasteiger partial charge in [-0.1, -0.05) is 12.1 Å². The number of ether oxygens (including phenoxy) is 1. The Morgan fingerprint density at radius 2 is 1.67 bits per heavy atom. The molecular weight excluding hydrogens is 820 g/mol. The minimum Gasteiger partial charge on any atom is -0.386 e. The van der Waals surface area contributed by atoms with Gasteiger partial charge in [-0.3, -0.25) is 38.9 Å². The third-order valence-electron chi connectivity index (χ3n) is 13.2. The van der Waals surface area contributed by atoms with Crippen molar-refractivity contribution >= 4 is 51.8 Å². The summed E-state index contributed by atoms with van der Waals surface area (Å²) in [6.07, 6.45) is 9.40. The molecule has 1 atom stereocenters. The Hall–Kier alpha value is -5.58. The van der Waals surface area contributed by atoms with E-state index in [0.29, 0.717) is 48.5 Å². The van der Waals surface area contributed by atoms with Crippen LogP contribution >= 0.6 is 0 Å². The molecule has 2 aromatic heterocycles. The van der Waals surface area contributed by atoms with Crippen LogP contribution in [0.1, 0.15) is 134 Å². The van der Waals surface area contributed by atoms with Crippen LogP contribution in [-0.2, 0) is 25.6 Å². The van der Waals surface area contributed by atoms with Gasteiger partial charge in [-0.25, -0.2) is 9.37 Å². The van der Waals surface area contributed by atoms with Crippen molar-refractivity contribution in [1.82, 2.24) is 29.9 Å². The zero-order valence-corrected chi connectivity index (χ0v) is 37.1. The first kappa shape index (κ1) is 45.0. The molecule has 64 heavy (non-hydrogen) atoms. The number of rotatable bonds is 15. The molecule has 4 N–H and O–H groups in total. The van der Waals surface area contributed by atoms with E-state index < -0.39 is 46.8 Å². The van der Waals surface area contributed by atoms with Crippen LogP contribution in [0.25, 0.3) is 10.9 Å². The number of nitrogens with zero attached hydrogens (tertiary/aromatic N) is 5. The normalized spacial score (nSPS) is 21.3. The summed E-state index contributed by atoms with van der Waals surface area (Å²) in [6, 6.07) is 12.7. The number of imide groups is 2. The summed E-state index contributed by atoms with van der Waals surface area (Å²) in [5.74, 6) is -1.43. The Kier molecular flexibility index (Phi) is 13.0. The van der Waals surface area contributed by atoms with E-state index in [1.165, 1.54) is 13.8 Å². The second-order valence-electron chi connectivity index (χ2n) is 18.9. The fourth-order valence-electron chi connectivity index (χ4n) is 9.57. The van der Waals surface area contributed by atoms with Gasteiger partial charge in [0.05, 0.1) is 34.0 Å². The monoisotopic (exact) mass is 878 g/mol. The highest BCUT2D eigenvalue weighted by molar-refractivity contribution is 6.25. The van der Waals surface area contributed by atoms with Crippen molar-refractivity contribution in [2.24, 2.45) is 11.8 Å². The molecule has 8 rings (SSSR count). The molecule has 15 nitrogen and oxygen atoms in total. The Balaban J connectivity index is 0.756. The van der Waals surface area contributed by atoms with Gasteiger partial charge in [0.15, 0.2) is 0 Å². The van der Waals surface area contributed by atoms with Crippen molar-refractivity contribution in [3.05, 3.63) is 82.8 Å². The Labute approximate surface area is 372 Å². The molecule has 16 heteroatoms. The van der Waals surface area contributed by atoms with Crippen LogP contribution < -0.4 is 16.0 Å². The van der Waals surface area contributed by atoms with Gasteiger partial charge in [0.2, 0.25) is 11.8 Å². The molecule has 0 radical (unpaired) electrons. The number of hydrogen-bond donors (Lipinski definition) is 4. The van der Waals surface area contributed by atoms with Gasteiger partial charge in [-0.2, -0.15) is 5.10 Å². The number of carbonyl (C=O) groups excluding carboxylic acids is 5. The second-order valence-corrected chi connectivity index (χ2v) is 18.9. The molecule has 5 amide bonds. The summed E-state index contributed by atoms with van der Waals surface area (Å²) in [5.41, 5.74) is 0.0883. The molecule has 3 aliphatic heterocycles. The number of piperidine rings is 2. The number of anilines is 2. The van der Waals surface area contributed by atoms with Crippen LogP contribution in [0, 0.1) is 11.8 Å². The van der Waals surface area contributed by atoms with Crippen LogP contribution in [0.4, 0.5) is 15.8 Å². The molecule has 4 aromatic rings. The fourth-order valence-corrected chi connectivity index (χ4v) is 9.57. The van der Waals surface area contributed by atoms with E-state index in [-0.39, 0.29) is 41.4 Å². The number of pyridine rings is 1. The van der Waals surface area contributed by atoms with E-state index in [4.69, 9.17) is 9.84 Å². The minimum absolute atomic E-state index is 0.0757. The van der Waals surface area contributed by atoms with E-state index >= 15 is 0 Å². The molecular formula is C48H59FN8O7. The highest BCUT2D eigenvalue weighted by Gasteiger charge is 2.45. The Bertz CT molecular complexity index is 2420. The maximum absolute atomic E-state index is 14.6. The van der Waals surface area contributed by atoms with Crippen molar-refractivity contribution in [3.63, 3.8) is 0 Å². The molecule has 4 aliphatic rings.